The average molecular weight is 404 g/mol. The first-order valence-electron chi connectivity index (χ1n) is 9.99. The molecule has 2 nitrogen and oxygen atoms in total. The molecule has 0 amide bonds. The minimum absolute atomic E-state index is 0.901. The maximum Gasteiger partial charge on any atom is 0.0894 e. The summed E-state index contributed by atoms with van der Waals surface area (Å²) in [6.45, 7) is -2.08. The Bertz CT molecular complexity index is 1230. The molecule has 5 rings (SSSR count). The number of para-hydroxylation sites is 2. The summed E-state index contributed by atoms with van der Waals surface area (Å²) in [6.07, 6.45) is 1.89. The van der Waals surface area contributed by atoms with Gasteiger partial charge in [-0.1, -0.05) is 103 Å². The second kappa shape index (κ2) is 8.10. The summed E-state index contributed by atoms with van der Waals surface area (Å²) in [5, 5.41) is 3.91. The normalized spacial score (nSPS) is 11.3. The van der Waals surface area contributed by atoms with E-state index < -0.39 is 6.89 Å². The highest BCUT2D eigenvalue weighted by Gasteiger charge is 2.25. The number of rotatable bonds is 4. The summed E-state index contributed by atoms with van der Waals surface area (Å²) in [5.41, 5.74) is 2.73. The largest absolute Gasteiger partial charge is 0.252 e. The van der Waals surface area contributed by atoms with Crippen molar-refractivity contribution in [3.63, 3.8) is 0 Å². The first kappa shape index (κ1) is 18.5. The lowest BCUT2D eigenvalue weighted by atomic mass is 10.3. The number of nitrogens with zero attached hydrogens (tertiary/aromatic N) is 2. The number of fused-ring (bicyclic) bond motifs is 1. The Balaban J connectivity index is 1.88. The van der Waals surface area contributed by atoms with E-state index in [9.17, 15) is 0 Å². The van der Waals surface area contributed by atoms with Gasteiger partial charge in [0.25, 0.3) is 0 Å². The van der Waals surface area contributed by atoms with Crippen LogP contribution in [0.25, 0.3) is 11.0 Å². The minimum Gasteiger partial charge on any atom is -0.252 e. The molecular formula is C27H21N2P. The lowest BCUT2D eigenvalue weighted by Crippen LogP contribution is -2.27. The molecule has 1 heterocycles. The summed E-state index contributed by atoms with van der Waals surface area (Å²) < 4.78 is 0. The summed E-state index contributed by atoms with van der Waals surface area (Å²) >= 11 is 0. The van der Waals surface area contributed by atoms with E-state index in [4.69, 9.17) is 4.98 Å². The lowest BCUT2D eigenvalue weighted by molar-refractivity contribution is 1.28. The van der Waals surface area contributed by atoms with Gasteiger partial charge in [-0.3, -0.25) is 4.98 Å². The molecule has 144 valence electrons. The standard InChI is InChI=1S/C27H21N2P/c1-4-12-23(13-5-1)30(24-14-6-2-7-15-24,25-16-8-3-9-17-25)21-22-20-28-26-18-10-11-19-27(26)29-22/h1-21H. The highest BCUT2D eigenvalue weighted by Crippen LogP contribution is 2.44. The van der Waals surface area contributed by atoms with E-state index in [1.165, 1.54) is 15.9 Å². The van der Waals surface area contributed by atoms with Crippen LogP contribution in [0.4, 0.5) is 0 Å². The van der Waals surface area contributed by atoms with Gasteiger partial charge < -0.3 is 0 Å². The van der Waals surface area contributed by atoms with E-state index >= 15 is 0 Å². The van der Waals surface area contributed by atoms with Crippen LogP contribution in [0, 0.1) is 0 Å². The molecule has 0 radical (unpaired) electrons. The average Bonchev–Trinajstić information content (AvgIpc) is 2.84. The molecule has 0 aliphatic heterocycles. The van der Waals surface area contributed by atoms with Crippen molar-refractivity contribution in [1.82, 2.24) is 9.97 Å². The van der Waals surface area contributed by atoms with Crippen LogP contribution < -0.4 is 15.9 Å². The van der Waals surface area contributed by atoms with Crippen molar-refractivity contribution in [2.24, 2.45) is 0 Å². The van der Waals surface area contributed by atoms with Gasteiger partial charge in [-0.05, 0) is 40.7 Å². The van der Waals surface area contributed by atoms with Gasteiger partial charge in [0.2, 0.25) is 0 Å². The fourth-order valence-corrected chi connectivity index (χ4v) is 7.68. The van der Waals surface area contributed by atoms with Crippen molar-refractivity contribution >= 4 is 39.6 Å². The predicted molar refractivity (Wildman–Crippen MR) is 130 cm³/mol. The Hall–Kier alpha value is -3.48. The van der Waals surface area contributed by atoms with Gasteiger partial charge >= 0.3 is 0 Å². The van der Waals surface area contributed by atoms with E-state index in [-0.39, 0.29) is 0 Å². The molecule has 5 aromatic rings. The quantitative estimate of drug-likeness (QED) is 0.403. The second-order valence-electron chi connectivity index (χ2n) is 7.14. The Morgan fingerprint density at radius 3 is 1.43 bits per heavy atom. The van der Waals surface area contributed by atoms with Crippen LogP contribution in [0.3, 0.4) is 0 Å². The Labute approximate surface area is 176 Å². The first-order chi connectivity index (χ1) is 14.9. The number of hydrogen-bond donors (Lipinski definition) is 0. The zero-order valence-electron chi connectivity index (χ0n) is 16.5. The van der Waals surface area contributed by atoms with Gasteiger partial charge in [0, 0.05) is 0 Å². The van der Waals surface area contributed by atoms with Crippen molar-refractivity contribution in [2.75, 3.05) is 0 Å². The zero-order chi connectivity index (χ0) is 20.2. The maximum atomic E-state index is 4.95. The van der Waals surface area contributed by atoms with E-state index in [1.807, 2.05) is 30.5 Å². The first-order valence-corrected chi connectivity index (χ1v) is 11.9. The molecule has 0 N–H and O–H groups in total. The minimum atomic E-state index is -2.08. The molecule has 0 saturated carbocycles. The molecule has 0 saturated heterocycles. The molecule has 3 heteroatoms. The van der Waals surface area contributed by atoms with Crippen LogP contribution in [0.5, 0.6) is 0 Å². The molecule has 0 aliphatic carbocycles. The predicted octanol–water partition coefficient (Wildman–Crippen LogP) is 4.77. The topological polar surface area (TPSA) is 25.8 Å². The molecule has 0 unspecified atom stereocenters. The monoisotopic (exact) mass is 404 g/mol. The van der Waals surface area contributed by atoms with Crippen LogP contribution in [0.1, 0.15) is 5.69 Å². The fraction of sp³-hybridized carbons (Fsp3) is 0. The highest BCUT2D eigenvalue weighted by molar-refractivity contribution is 7.94. The molecule has 0 spiro atoms. The number of aromatic nitrogens is 2. The molecule has 0 atom stereocenters. The molecule has 0 fully saturated rings. The Morgan fingerprint density at radius 1 is 0.500 bits per heavy atom. The third-order valence-electron chi connectivity index (χ3n) is 5.28. The van der Waals surface area contributed by atoms with E-state index in [2.05, 4.69) is 102 Å². The molecule has 4 aromatic carbocycles. The van der Waals surface area contributed by atoms with Gasteiger partial charge in [-0.2, -0.15) is 0 Å². The van der Waals surface area contributed by atoms with Crippen molar-refractivity contribution < 1.29 is 0 Å². The van der Waals surface area contributed by atoms with Gasteiger partial charge in [-0.25, -0.2) is 4.98 Å². The molecular weight excluding hydrogens is 383 g/mol. The summed E-state index contributed by atoms with van der Waals surface area (Å²) in [6, 6.07) is 40.4. The van der Waals surface area contributed by atoms with E-state index in [0.29, 0.717) is 0 Å². The number of hydrogen-bond acceptors (Lipinski definition) is 2. The highest BCUT2D eigenvalue weighted by atomic mass is 31.2. The summed E-state index contributed by atoms with van der Waals surface area (Å²) in [7, 11) is 0. The Morgan fingerprint density at radius 2 is 0.933 bits per heavy atom. The van der Waals surface area contributed by atoms with Crippen molar-refractivity contribution in [2.45, 2.75) is 0 Å². The zero-order valence-corrected chi connectivity index (χ0v) is 17.4. The second-order valence-corrected chi connectivity index (χ2v) is 10.4. The summed E-state index contributed by atoms with van der Waals surface area (Å²) in [4.78, 5) is 9.62. The number of benzene rings is 4. The third-order valence-corrected chi connectivity index (χ3v) is 9.27. The van der Waals surface area contributed by atoms with E-state index in [0.717, 1.165) is 16.7 Å². The van der Waals surface area contributed by atoms with Gasteiger partial charge in [0.15, 0.2) is 0 Å². The van der Waals surface area contributed by atoms with Crippen molar-refractivity contribution in [3.05, 3.63) is 127 Å². The van der Waals surface area contributed by atoms with Crippen molar-refractivity contribution in [3.8, 4) is 0 Å². The van der Waals surface area contributed by atoms with Crippen LogP contribution in [0.15, 0.2) is 121 Å². The molecule has 0 aliphatic rings. The van der Waals surface area contributed by atoms with Gasteiger partial charge in [0.1, 0.15) is 0 Å². The molecule has 30 heavy (non-hydrogen) atoms. The van der Waals surface area contributed by atoms with Crippen LogP contribution in [-0.4, -0.2) is 15.8 Å². The molecule has 1 aromatic heterocycles. The Kier molecular flexibility index (Phi) is 5.01. The van der Waals surface area contributed by atoms with Crippen LogP contribution in [0.2, 0.25) is 0 Å². The van der Waals surface area contributed by atoms with Crippen LogP contribution >= 0.6 is 6.89 Å². The smallest absolute Gasteiger partial charge is 0.0894 e. The fourth-order valence-electron chi connectivity index (χ4n) is 3.89. The van der Waals surface area contributed by atoms with Crippen molar-refractivity contribution in [1.29, 1.82) is 0 Å². The van der Waals surface area contributed by atoms with Gasteiger partial charge in [0.05, 0.1) is 22.9 Å². The molecule has 0 bridgehead atoms. The SMILES string of the molecule is C(c1cnc2ccccc2n1)=P(c1ccccc1)(c1ccccc1)c1ccccc1. The van der Waals surface area contributed by atoms with Gasteiger partial charge in [-0.15, -0.1) is 0 Å². The van der Waals surface area contributed by atoms with E-state index in [1.54, 1.807) is 0 Å². The lowest BCUT2D eigenvalue weighted by Gasteiger charge is -2.28. The summed E-state index contributed by atoms with van der Waals surface area (Å²) in [5.74, 6) is 2.35. The maximum absolute atomic E-state index is 4.95. The third kappa shape index (κ3) is 3.36. The van der Waals surface area contributed by atoms with Crippen LogP contribution in [-0.2, 0) is 0 Å².